The first kappa shape index (κ1) is 16.5. The van der Waals surface area contributed by atoms with Gasteiger partial charge in [-0.05, 0) is 37.6 Å². The summed E-state index contributed by atoms with van der Waals surface area (Å²) in [6.07, 6.45) is 2.89. The van der Waals surface area contributed by atoms with Crippen LogP contribution in [0.3, 0.4) is 0 Å². The molecule has 2 N–H and O–H groups in total. The van der Waals surface area contributed by atoms with Gasteiger partial charge in [0.25, 0.3) is 0 Å². The van der Waals surface area contributed by atoms with E-state index in [0.717, 1.165) is 0 Å². The summed E-state index contributed by atoms with van der Waals surface area (Å²) in [5, 5.41) is 6.17. The molecule has 0 heterocycles. The van der Waals surface area contributed by atoms with Crippen LogP contribution in [0.25, 0.3) is 6.08 Å². The average Bonchev–Trinajstić information content (AvgIpc) is 2.37. The van der Waals surface area contributed by atoms with Gasteiger partial charge < -0.3 is 10.6 Å². The average molecular weight is 315 g/mol. The van der Waals surface area contributed by atoms with Crippen molar-refractivity contribution >= 4 is 41.1 Å². The van der Waals surface area contributed by atoms with Crippen LogP contribution in [0.15, 0.2) is 24.3 Å². The maximum Gasteiger partial charge on any atom is 0.244 e. The minimum atomic E-state index is -0.590. The Morgan fingerprint density at radius 2 is 2.05 bits per heavy atom. The Hall–Kier alpha value is -1.52. The molecule has 1 atom stereocenters. The van der Waals surface area contributed by atoms with E-state index in [-0.39, 0.29) is 11.8 Å². The lowest BCUT2D eigenvalue weighted by Crippen LogP contribution is -2.44. The summed E-state index contributed by atoms with van der Waals surface area (Å²) in [7, 11) is 0. The minimum absolute atomic E-state index is 0.223. The van der Waals surface area contributed by atoms with Crippen LogP contribution in [0.1, 0.15) is 19.4 Å². The van der Waals surface area contributed by atoms with Crippen molar-refractivity contribution in [3.05, 3.63) is 39.9 Å². The molecule has 0 radical (unpaired) electrons. The van der Waals surface area contributed by atoms with Crippen LogP contribution in [0, 0.1) is 0 Å². The van der Waals surface area contributed by atoms with Gasteiger partial charge in [-0.1, -0.05) is 29.3 Å². The Balaban J connectivity index is 2.61. The standard InChI is InChI=1S/C14H16Cl2N2O2/c1-3-17-14(20)9(2)18-13(19)7-5-10-4-6-11(15)8-12(10)16/h4-9H,3H2,1-2H3,(H,17,20)(H,18,19)/b7-5+/t9-/m0/s1. The summed E-state index contributed by atoms with van der Waals surface area (Å²) in [5.41, 5.74) is 0.678. The van der Waals surface area contributed by atoms with Gasteiger partial charge in [-0.15, -0.1) is 0 Å². The number of benzene rings is 1. The number of carbonyl (C=O) groups is 2. The Labute approximate surface area is 128 Å². The highest BCUT2D eigenvalue weighted by atomic mass is 35.5. The molecule has 1 aromatic rings. The number of halogens is 2. The summed E-state index contributed by atoms with van der Waals surface area (Å²) < 4.78 is 0. The molecule has 0 unspecified atom stereocenters. The molecule has 1 aromatic carbocycles. The second-order valence-corrected chi connectivity index (χ2v) is 4.97. The molecule has 0 aliphatic rings. The highest BCUT2D eigenvalue weighted by Crippen LogP contribution is 2.21. The largest absolute Gasteiger partial charge is 0.355 e. The van der Waals surface area contributed by atoms with Gasteiger partial charge in [0.1, 0.15) is 6.04 Å². The first-order chi connectivity index (χ1) is 9.43. The molecule has 0 spiro atoms. The van der Waals surface area contributed by atoms with Gasteiger partial charge in [-0.25, -0.2) is 0 Å². The highest BCUT2D eigenvalue weighted by molar-refractivity contribution is 6.35. The maximum absolute atomic E-state index is 11.7. The zero-order valence-corrected chi connectivity index (χ0v) is 12.8. The fourth-order valence-electron chi connectivity index (χ4n) is 1.46. The molecule has 20 heavy (non-hydrogen) atoms. The molecule has 2 amide bonds. The molecule has 1 rings (SSSR count). The van der Waals surface area contributed by atoms with Crippen LogP contribution in [0.2, 0.25) is 10.0 Å². The van der Waals surface area contributed by atoms with Crippen LogP contribution < -0.4 is 10.6 Å². The Morgan fingerprint density at radius 1 is 1.35 bits per heavy atom. The number of carbonyl (C=O) groups excluding carboxylic acids is 2. The fourth-order valence-corrected chi connectivity index (χ4v) is 1.93. The van der Waals surface area contributed by atoms with Crippen molar-refractivity contribution in [2.45, 2.75) is 19.9 Å². The van der Waals surface area contributed by atoms with E-state index in [9.17, 15) is 9.59 Å². The van der Waals surface area contributed by atoms with Crippen LogP contribution in [-0.2, 0) is 9.59 Å². The van der Waals surface area contributed by atoms with Crippen molar-refractivity contribution in [2.24, 2.45) is 0 Å². The van der Waals surface area contributed by atoms with E-state index in [1.165, 1.54) is 6.08 Å². The molecular formula is C14H16Cl2N2O2. The van der Waals surface area contributed by atoms with Crippen molar-refractivity contribution in [1.82, 2.24) is 10.6 Å². The Morgan fingerprint density at radius 3 is 2.65 bits per heavy atom. The van der Waals surface area contributed by atoms with E-state index in [1.54, 1.807) is 31.2 Å². The third-order valence-electron chi connectivity index (χ3n) is 2.48. The highest BCUT2D eigenvalue weighted by Gasteiger charge is 2.12. The van der Waals surface area contributed by atoms with Crippen molar-refractivity contribution < 1.29 is 9.59 Å². The van der Waals surface area contributed by atoms with Crippen molar-refractivity contribution in [3.8, 4) is 0 Å². The lowest BCUT2D eigenvalue weighted by atomic mass is 10.2. The van der Waals surface area contributed by atoms with E-state index >= 15 is 0 Å². The SMILES string of the molecule is CCNC(=O)[C@H](C)NC(=O)/C=C/c1ccc(Cl)cc1Cl. The van der Waals surface area contributed by atoms with E-state index in [1.807, 2.05) is 6.92 Å². The molecule has 0 saturated carbocycles. The summed E-state index contributed by atoms with van der Waals surface area (Å²) in [5.74, 6) is -0.589. The number of hydrogen-bond acceptors (Lipinski definition) is 2. The van der Waals surface area contributed by atoms with Gasteiger partial charge in [-0.2, -0.15) is 0 Å². The van der Waals surface area contributed by atoms with Crippen LogP contribution in [0.4, 0.5) is 0 Å². The Bertz CT molecular complexity index is 530. The zero-order chi connectivity index (χ0) is 15.1. The third-order valence-corrected chi connectivity index (χ3v) is 3.04. The summed E-state index contributed by atoms with van der Waals surface area (Å²) in [6, 6.07) is 4.40. The Kier molecular flexibility index (Phi) is 6.55. The molecule has 4 nitrogen and oxygen atoms in total. The van der Waals surface area contributed by atoms with E-state index in [4.69, 9.17) is 23.2 Å². The van der Waals surface area contributed by atoms with Gasteiger partial charge >= 0.3 is 0 Å². The smallest absolute Gasteiger partial charge is 0.244 e. The first-order valence-electron chi connectivity index (χ1n) is 6.15. The predicted molar refractivity (Wildman–Crippen MR) is 81.8 cm³/mol. The number of amides is 2. The lowest BCUT2D eigenvalue weighted by molar-refractivity contribution is -0.126. The topological polar surface area (TPSA) is 58.2 Å². The number of hydrogen-bond donors (Lipinski definition) is 2. The molecule has 0 aliphatic heterocycles. The number of nitrogens with one attached hydrogen (secondary N) is 2. The van der Waals surface area contributed by atoms with Gasteiger partial charge in [0.05, 0.1) is 0 Å². The lowest BCUT2D eigenvalue weighted by Gasteiger charge is -2.11. The molecule has 108 valence electrons. The molecule has 0 fully saturated rings. The van der Waals surface area contributed by atoms with Crippen molar-refractivity contribution in [1.29, 1.82) is 0 Å². The van der Waals surface area contributed by atoms with E-state index in [0.29, 0.717) is 22.2 Å². The maximum atomic E-state index is 11.7. The van der Waals surface area contributed by atoms with Crippen molar-refractivity contribution in [3.63, 3.8) is 0 Å². The molecule has 6 heteroatoms. The van der Waals surface area contributed by atoms with Gasteiger partial charge in [0, 0.05) is 22.7 Å². The van der Waals surface area contributed by atoms with Crippen LogP contribution in [-0.4, -0.2) is 24.4 Å². The van der Waals surface area contributed by atoms with E-state index in [2.05, 4.69) is 10.6 Å². The van der Waals surface area contributed by atoms with Gasteiger partial charge in [0.15, 0.2) is 0 Å². The summed E-state index contributed by atoms with van der Waals surface area (Å²) >= 11 is 11.8. The summed E-state index contributed by atoms with van der Waals surface area (Å²) in [4.78, 5) is 23.1. The van der Waals surface area contributed by atoms with E-state index < -0.39 is 6.04 Å². The van der Waals surface area contributed by atoms with Gasteiger partial charge in [0.2, 0.25) is 11.8 Å². The molecule has 0 bridgehead atoms. The monoisotopic (exact) mass is 314 g/mol. The molecule has 0 aromatic heterocycles. The first-order valence-corrected chi connectivity index (χ1v) is 6.91. The molecule has 0 saturated heterocycles. The molecular weight excluding hydrogens is 299 g/mol. The number of rotatable bonds is 5. The minimum Gasteiger partial charge on any atom is -0.355 e. The van der Waals surface area contributed by atoms with Crippen LogP contribution >= 0.6 is 23.2 Å². The zero-order valence-electron chi connectivity index (χ0n) is 11.2. The second-order valence-electron chi connectivity index (χ2n) is 4.12. The fraction of sp³-hybridized carbons (Fsp3) is 0.286. The quantitative estimate of drug-likeness (QED) is 0.821. The number of likely N-dealkylation sites (N-methyl/N-ethyl adjacent to an activating group) is 1. The summed E-state index contributed by atoms with van der Waals surface area (Å²) in [6.45, 7) is 3.95. The normalized spacial score (nSPS) is 12.2. The molecule has 0 aliphatic carbocycles. The van der Waals surface area contributed by atoms with Crippen LogP contribution in [0.5, 0.6) is 0 Å². The third kappa shape index (κ3) is 5.23. The van der Waals surface area contributed by atoms with Gasteiger partial charge in [-0.3, -0.25) is 9.59 Å². The van der Waals surface area contributed by atoms with Crippen molar-refractivity contribution in [2.75, 3.05) is 6.54 Å². The predicted octanol–water partition coefficient (Wildman–Crippen LogP) is 2.65. The second kappa shape index (κ2) is 7.92.